The monoisotopic (exact) mass is 294 g/mol. The van der Waals surface area contributed by atoms with Crippen LogP contribution < -0.4 is 15.0 Å². The Morgan fingerprint density at radius 3 is 2.45 bits per heavy atom. The minimum absolute atomic E-state index is 0.765. The average Bonchev–Trinajstić information content (AvgIpc) is 2.55. The van der Waals surface area contributed by atoms with E-state index in [0.29, 0.717) is 0 Å². The first-order valence-corrected chi connectivity index (χ1v) is 7.00. The molecule has 1 heterocycles. The first kappa shape index (κ1) is 14.1. The topological polar surface area (TPSA) is 50.3 Å². The molecule has 0 aliphatic rings. The van der Waals surface area contributed by atoms with E-state index in [2.05, 4.69) is 32.3 Å². The zero-order chi connectivity index (χ0) is 15.5. The van der Waals surface area contributed by atoms with E-state index in [0.717, 1.165) is 33.8 Å². The molecule has 0 spiro atoms. The van der Waals surface area contributed by atoms with Crippen molar-refractivity contribution >= 4 is 28.1 Å². The fourth-order valence-electron chi connectivity index (χ4n) is 2.24. The van der Waals surface area contributed by atoms with Crippen LogP contribution in [0.2, 0.25) is 0 Å². The molecule has 0 fully saturated rings. The van der Waals surface area contributed by atoms with E-state index in [4.69, 9.17) is 4.74 Å². The van der Waals surface area contributed by atoms with Crippen LogP contribution in [-0.4, -0.2) is 31.2 Å². The van der Waals surface area contributed by atoms with Crippen LogP contribution in [-0.2, 0) is 0 Å². The SMILES string of the molecule is COc1ccc2ncnc(Nc3ccc(N(C)C)cc3)c2c1. The molecule has 0 saturated carbocycles. The lowest BCUT2D eigenvalue weighted by molar-refractivity contribution is 0.415. The maximum atomic E-state index is 5.28. The Morgan fingerprint density at radius 1 is 1.00 bits per heavy atom. The lowest BCUT2D eigenvalue weighted by Gasteiger charge is -2.14. The fourth-order valence-corrected chi connectivity index (χ4v) is 2.24. The zero-order valence-corrected chi connectivity index (χ0v) is 12.9. The standard InChI is InChI=1S/C17H18N4O/c1-21(2)13-6-4-12(5-7-13)20-17-15-10-14(22-3)8-9-16(15)18-11-19-17/h4-11H,1-3H3,(H,18,19,20). The van der Waals surface area contributed by atoms with Gasteiger partial charge in [0.05, 0.1) is 12.6 Å². The highest BCUT2D eigenvalue weighted by Crippen LogP contribution is 2.27. The van der Waals surface area contributed by atoms with Gasteiger partial charge in [0.25, 0.3) is 0 Å². The predicted molar refractivity (Wildman–Crippen MR) is 90.1 cm³/mol. The summed E-state index contributed by atoms with van der Waals surface area (Å²) in [6.45, 7) is 0. The molecule has 0 saturated heterocycles. The summed E-state index contributed by atoms with van der Waals surface area (Å²) in [5, 5.41) is 4.27. The normalized spacial score (nSPS) is 10.5. The number of hydrogen-bond donors (Lipinski definition) is 1. The molecule has 112 valence electrons. The Kier molecular flexibility index (Phi) is 3.78. The van der Waals surface area contributed by atoms with Gasteiger partial charge in [-0.3, -0.25) is 0 Å². The predicted octanol–water partition coefficient (Wildman–Crippen LogP) is 3.45. The molecule has 1 aromatic heterocycles. The number of benzene rings is 2. The molecule has 2 aromatic carbocycles. The highest BCUT2D eigenvalue weighted by Gasteiger charge is 2.06. The summed E-state index contributed by atoms with van der Waals surface area (Å²) in [6, 6.07) is 13.9. The first-order chi connectivity index (χ1) is 10.7. The van der Waals surface area contributed by atoms with Crippen molar-refractivity contribution in [3.63, 3.8) is 0 Å². The van der Waals surface area contributed by atoms with E-state index in [-0.39, 0.29) is 0 Å². The number of methoxy groups -OCH3 is 1. The van der Waals surface area contributed by atoms with Crippen LogP contribution >= 0.6 is 0 Å². The molecule has 3 aromatic rings. The number of rotatable bonds is 4. The van der Waals surface area contributed by atoms with Crippen LogP contribution in [0.1, 0.15) is 0 Å². The van der Waals surface area contributed by atoms with Gasteiger partial charge in [0, 0.05) is 30.9 Å². The number of anilines is 3. The van der Waals surface area contributed by atoms with Gasteiger partial charge < -0.3 is 15.0 Å². The summed E-state index contributed by atoms with van der Waals surface area (Å²) < 4.78 is 5.28. The van der Waals surface area contributed by atoms with Gasteiger partial charge in [0.15, 0.2) is 0 Å². The maximum Gasteiger partial charge on any atom is 0.141 e. The van der Waals surface area contributed by atoms with E-state index in [9.17, 15) is 0 Å². The maximum absolute atomic E-state index is 5.28. The highest BCUT2D eigenvalue weighted by molar-refractivity contribution is 5.91. The summed E-state index contributed by atoms with van der Waals surface area (Å²) in [5.74, 6) is 1.55. The minimum Gasteiger partial charge on any atom is -0.497 e. The van der Waals surface area contributed by atoms with Gasteiger partial charge in [-0.05, 0) is 42.5 Å². The lowest BCUT2D eigenvalue weighted by Crippen LogP contribution is -2.08. The summed E-state index contributed by atoms with van der Waals surface area (Å²) >= 11 is 0. The van der Waals surface area contributed by atoms with E-state index >= 15 is 0 Å². The van der Waals surface area contributed by atoms with Crippen molar-refractivity contribution in [3.05, 3.63) is 48.8 Å². The Hall–Kier alpha value is -2.82. The third-order valence-electron chi connectivity index (χ3n) is 3.49. The summed E-state index contributed by atoms with van der Waals surface area (Å²) in [5.41, 5.74) is 3.01. The van der Waals surface area contributed by atoms with Crippen molar-refractivity contribution in [3.8, 4) is 5.75 Å². The van der Waals surface area contributed by atoms with Gasteiger partial charge in [-0.15, -0.1) is 0 Å². The Labute approximate surface area is 129 Å². The number of nitrogens with zero attached hydrogens (tertiary/aromatic N) is 3. The minimum atomic E-state index is 0.765. The second-order valence-electron chi connectivity index (χ2n) is 5.17. The Balaban J connectivity index is 1.96. The number of ether oxygens (including phenoxy) is 1. The summed E-state index contributed by atoms with van der Waals surface area (Å²) in [7, 11) is 5.69. The number of nitrogens with one attached hydrogen (secondary N) is 1. The van der Waals surface area contributed by atoms with Crippen molar-refractivity contribution < 1.29 is 4.74 Å². The molecule has 0 unspecified atom stereocenters. The zero-order valence-electron chi connectivity index (χ0n) is 12.9. The molecule has 5 heteroatoms. The second kappa shape index (κ2) is 5.89. The highest BCUT2D eigenvalue weighted by atomic mass is 16.5. The molecule has 0 amide bonds. The van der Waals surface area contributed by atoms with Crippen LogP contribution in [0.25, 0.3) is 10.9 Å². The Bertz CT molecular complexity index is 784. The van der Waals surface area contributed by atoms with E-state index in [1.807, 2.05) is 44.4 Å². The number of aromatic nitrogens is 2. The molecule has 0 aliphatic heterocycles. The molecule has 5 nitrogen and oxygen atoms in total. The molecule has 0 aliphatic carbocycles. The fraction of sp³-hybridized carbons (Fsp3) is 0.176. The van der Waals surface area contributed by atoms with Gasteiger partial charge in [0.2, 0.25) is 0 Å². The van der Waals surface area contributed by atoms with Crippen LogP contribution in [0, 0.1) is 0 Å². The summed E-state index contributed by atoms with van der Waals surface area (Å²) in [4.78, 5) is 10.7. The van der Waals surface area contributed by atoms with Crippen LogP contribution in [0.4, 0.5) is 17.2 Å². The van der Waals surface area contributed by atoms with Crippen molar-refractivity contribution in [1.82, 2.24) is 9.97 Å². The van der Waals surface area contributed by atoms with Crippen molar-refractivity contribution in [2.75, 3.05) is 31.4 Å². The van der Waals surface area contributed by atoms with E-state index in [1.165, 1.54) is 0 Å². The van der Waals surface area contributed by atoms with Gasteiger partial charge in [0.1, 0.15) is 17.9 Å². The van der Waals surface area contributed by atoms with Crippen molar-refractivity contribution in [1.29, 1.82) is 0 Å². The summed E-state index contributed by atoms with van der Waals surface area (Å²) in [6.07, 6.45) is 1.56. The van der Waals surface area contributed by atoms with Crippen LogP contribution in [0.3, 0.4) is 0 Å². The van der Waals surface area contributed by atoms with Gasteiger partial charge in [-0.1, -0.05) is 0 Å². The lowest BCUT2D eigenvalue weighted by atomic mass is 10.2. The molecular weight excluding hydrogens is 276 g/mol. The van der Waals surface area contributed by atoms with Crippen molar-refractivity contribution in [2.45, 2.75) is 0 Å². The molecule has 0 bridgehead atoms. The Morgan fingerprint density at radius 2 is 1.77 bits per heavy atom. The van der Waals surface area contributed by atoms with Gasteiger partial charge >= 0.3 is 0 Å². The quantitative estimate of drug-likeness (QED) is 0.798. The van der Waals surface area contributed by atoms with E-state index in [1.54, 1.807) is 13.4 Å². The van der Waals surface area contributed by atoms with Crippen molar-refractivity contribution in [2.24, 2.45) is 0 Å². The van der Waals surface area contributed by atoms with Crippen LogP contribution in [0.15, 0.2) is 48.8 Å². The van der Waals surface area contributed by atoms with Crippen LogP contribution in [0.5, 0.6) is 5.75 Å². The molecule has 0 atom stereocenters. The smallest absolute Gasteiger partial charge is 0.141 e. The molecule has 3 rings (SSSR count). The number of fused-ring (bicyclic) bond motifs is 1. The first-order valence-electron chi connectivity index (χ1n) is 7.00. The second-order valence-corrected chi connectivity index (χ2v) is 5.17. The van der Waals surface area contributed by atoms with Gasteiger partial charge in [-0.25, -0.2) is 9.97 Å². The molecule has 22 heavy (non-hydrogen) atoms. The molecular formula is C17H18N4O. The number of hydrogen-bond acceptors (Lipinski definition) is 5. The molecule has 1 N–H and O–H groups in total. The van der Waals surface area contributed by atoms with E-state index < -0.39 is 0 Å². The average molecular weight is 294 g/mol. The third-order valence-corrected chi connectivity index (χ3v) is 3.49. The molecule has 0 radical (unpaired) electrons. The largest absolute Gasteiger partial charge is 0.497 e. The van der Waals surface area contributed by atoms with Gasteiger partial charge in [-0.2, -0.15) is 0 Å². The third kappa shape index (κ3) is 2.79.